The Labute approximate surface area is 109 Å². The highest BCUT2D eigenvalue weighted by Gasteiger charge is 2.41. The topological polar surface area (TPSA) is 73.8 Å². The van der Waals surface area contributed by atoms with Gasteiger partial charge in [0.05, 0.1) is 10.7 Å². The van der Waals surface area contributed by atoms with Crippen molar-refractivity contribution < 1.29 is 18.0 Å². The number of hydrogen-bond acceptors (Lipinski definition) is 3. The zero-order valence-corrected chi connectivity index (χ0v) is 9.90. The lowest BCUT2D eigenvalue weighted by Crippen LogP contribution is -2.21. The van der Waals surface area contributed by atoms with E-state index in [0.29, 0.717) is 4.68 Å². The largest absolute Gasteiger partial charge is 0.435 e. The number of hydrogen-bond donors (Lipinski definition) is 1. The highest BCUT2D eigenvalue weighted by Crippen LogP contribution is 2.33. The Morgan fingerprint density at radius 3 is 2.47 bits per heavy atom. The predicted molar refractivity (Wildman–Crippen MR) is 59.9 cm³/mol. The molecule has 1 aromatic heterocycles. The fourth-order valence-electron chi connectivity index (χ4n) is 1.49. The number of nitrogens with zero attached hydrogens (tertiary/aromatic N) is 3. The number of rotatable bonds is 2. The summed E-state index contributed by atoms with van der Waals surface area (Å²) in [6, 6.07) is 5.73. The van der Waals surface area contributed by atoms with Crippen molar-refractivity contribution in [2.75, 3.05) is 0 Å². The van der Waals surface area contributed by atoms with Crippen molar-refractivity contribution in [2.45, 2.75) is 6.18 Å². The Morgan fingerprint density at radius 1 is 1.32 bits per heavy atom. The number of amides is 1. The van der Waals surface area contributed by atoms with Crippen LogP contribution in [0.15, 0.2) is 24.3 Å². The van der Waals surface area contributed by atoms with Gasteiger partial charge in [0.25, 0.3) is 5.91 Å². The van der Waals surface area contributed by atoms with Crippen LogP contribution >= 0.6 is 11.6 Å². The monoisotopic (exact) mass is 290 g/mol. The van der Waals surface area contributed by atoms with Crippen molar-refractivity contribution in [1.29, 1.82) is 0 Å². The normalized spacial score (nSPS) is 11.6. The molecular formula is C10H6ClF3N4O. The molecule has 0 unspecified atom stereocenters. The summed E-state index contributed by atoms with van der Waals surface area (Å²) in [6.07, 6.45) is -4.84. The van der Waals surface area contributed by atoms with Crippen LogP contribution in [-0.4, -0.2) is 20.9 Å². The summed E-state index contributed by atoms with van der Waals surface area (Å²) in [5.41, 5.74) is 2.50. The van der Waals surface area contributed by atoms with Crippen LogP contribution in [0.4, 0.5) is 13.2 Å². The first kappa shape index (κ1) is 13.3. The first-order chi connectivity index (χ1) is 8.82. The van der Waals surface area contributed by atoms with Crippen LogP contribution < -0.4 is 5.73 Å². The van der Waals surface area contributed by atoms with Crippen molar-refractivity contribution in [1.82, 2.24) is 15.0 Å². The van der Waals surface area contributed by atoms with Gasteiger partial charge in [-0.2, -0.15) is 13.2 Å². The third-order valence-electron chi connectivity index (χ3n) is 2.25. The molecule has 2 rings (SSSR count). The van der Waals surface area contributed by atoms with Crippen molar-refractivity contribution >= 4 is 17.5 Å². The van der Waals surface area contributed by atoms with Crippen LogP contribution in [0.5, 0.6) is 0 Å². The van der Waals surface area contributed by atoms with Gasteiger partial charge >= 0.3 is 6.18 Å². The van der Waals surface area contributed by atoms with Crippen LogP contribution in [0.2, 0.25) is 5.02 Å². The molecule has 9 heteroatoms. The lowest BCUT2D eigenvalue weighted by molar-refractivity contribution is -0.143. The molecule has 1 amide bonds. The first-order valence-corrected chi connectivity index (χ1v) is 5.27. The molecule has 100 valence electrons. The van der Waals surface area contributed by atoms with Crippen LogP contribution in [0.25, 0.3) is 5.69 Å². The molecule has 0 saturated heterocycles. The zero-order valence-electron chi connectivity index (χ0n) is 9.15. The zero-order chi connectivity index (χ0) is 14.2. The molecule has 1 aromatic carbocycles. The maximum Gasteiger partial charge on any atom is 0.435 e. The number of carbonyl (C=O) groups excluding carboxylic acids is 1. The Balaban J connectivity index is 2.73. The summed E-state index contributed by atoms with van der Waals surface area (Å²) in [5.74, 6) is -1.31. The van der Waals surface area contributed by atoms with E-state index in [2.05, 4.69) is 10.3 Å². The van der Waals surface area contributed by atoms with Gasteiger partial charge in [-0.1, -0.05) is 28.9 Å². The van der Waals surface area contributed by atoms with E-state index >= 15 is 0 Å². The lowest BCUT2D eigenvalue weighted by atomic mass is 10.2. The molecule has 0 aliphatic rings. The van der Waals surface area contributed by atoms with E-state index in [-0.39, 0.29) is 10.7 Å². The smallest absolute Gasteiger partial charge is 0.364 e. The first-order valence-electron chi connectivity index (χ1n) is 4.90. The predicted octanol–water partition coefficient (Wildman–Crippen LogP) is 2.04. The Kier molecular flexibility index (Phi) is 3.19. The fourth-order valence-corrected chi connectivity index (χ4v) is 1.71. The highest BCUT2D eigenvalue weighted by atomic mass is 35.5. The van der Waals surface area contributed by atoms with Crippen LogP contribution in [0.3, 0.4) is 0 Å². The van der Waals surface area contributed by atoms with Gasteiger partial charge in [0.2, 0.25) is 0 Å². The van der Waals surface area contributed by atoms with Gasteiger partial charge in [-0.05, 0) is 12.1 Å². The minimum absolute atomic E-state index is 0.0360. The number of benzene rings is 1. The molecule has 0 bridgehead atoms. The van der Waals surface area contributed by atoms with Crippen LogP contribution in [0, 0.1) is 0 Å². The van der Waals surface area contributed by atoms with Gasteiger partial charge in [0.1, 0.15) is 0 Å². The van der Waals surface area contributed by atoms with Gasteiger partial charge in [0.15, 0.2) is 11.4 Å². The van der Waals surface area contributed by atoms with Gasteiger partial charge in [0, 0.05) is 0 Å². The van der Waals surface area contributed by atoms with Crippen LogP contribution in [0.1, 0.15) is 16.2 Å². The molecule has 0 radical (unpaired) electrons. The van der Waals surface area contributed by atoms with E-state index in [0.717, 1.165) is 0 Å². The van der Waals surface area contributed by atoms with Gasteiger partial charge in [-0.3, -0.25) is 4.79 Å². The Bertz CT molecular complexity index is 638. The molecule has 5 nitrogen and oxygen atoms in total. The van der Waals surface area contributed by atoms with E-state index in [1.165, 1.54) is 18.2 Å². The van der Waals surface area contributed by atoms with Crippen molar-refractivity contribution in [3.63, 3.8) is 0 Å². The molecule has 0 fully saturated rings. The summed E-state index contributed by atoms with van der Waals surface area (Å²) in [6.45, 7) is 0. The second-order valence-electron chi connectivity index (χ2n) is 3.51. The van der Waals surface area contributed by atoms with Gasteiger partial charge in [-0.15, -0.1) is 5.10 Å². The van der Waals surface area contributed by atoms with E-state index < -0.39 is 23.5 Å². The number of nitrogens with two attached hydrogens (primary N) is 1. The molecule has 1 heterocycles. The minimum Gasteiger partial charge on any atom is -0.364 e. The maximum atomic E-state index is 13.0. The SMILES string of the molecule is NC(=O)c1nnn(-c2ccccc2Cl)c1C(F)(F)F. The van der Waals surface area contributed by atoms with Crippen molar-refractivity contribution in [3.05, 3.63) is 40.7 Å². The summed E-state index contributed by atoms with van der Waals surface area (Å²) in [7, 11) is 0. The van der Waals surface area contributed by atoms with E-state index in [1.807, 2.05) is 0 Å². The standard InChI is InChI=1S/C10H6ClF3N4O/c11-5-3-1-2-4-6(5)18-8(10(12,13)14)7(9(15)19)16-17-18/h1-4H,(H2,15,19). The summed E-state index contributed by atoms with van der Waals surface area (Å²) < 4.78 is 39.4. The second kappa shape index (κ2) is 4.54. The highest BCUT2D eigenvalue weighted by molar-refractivity contribution is 6.32. The van der Waals surface area contributed by atoms with E-state index in [1.54, 1.807) is 6.07 Å². The Hall–Kier alpha value is -2.09. The quantitative estimate of drug-likeness (QED) is 0.920. The molecular weight excluding hydrogens is 285 g/mol. The molecule has 0 aliphatic carbocycles. The van der Waals surface area contributed by atoms with Crippen molar-refractivity contribution in [2.24, 2.45) is 5.73 Å². The minimum atomic E-state index is -4.84. The molecule has 0 spiro atoms. The fraction of sp³-hybridized carbons (Fsp3) is 0.100. The second-order valence-corrected chi connectivity index (χ2v) is 3.92. The number of primary amides is 1. The molecule has 0 atom stereocenters. The van der Waals surface area contributed by atoms with Crippen LogP contribution in [-0.2, 0) is 6.18 Å². The average Bonchev–Trinajstić information content (AvgIpc) is 2.73. The summed E-state index contributed by atoms with van der Waals surface area (Å²) >= 11 is 5.80. The number of aromatic nitrogens is 3. The third-order valence-corrected chi connectivity index (χ3v) is 2.57. The van der Waals surface area contributed by atoms with E-state index in [9.17, 15) is 18.0 Å². The molecule has 2 aromatic rings. The summed E-state index contributed by atoms with van der Waals surface area (Å²) in [4.78, 5) is 11.0. The summed E-state index contributed by atoms with van der Waals surface area (Å²) in [5, 5.41) is 6.49. The van der Waals surface area contributed by atoms with Crippen molar-refractivity contribution in [3.8, 4) is 5.69 Å². The number of halogens is 4. The molecule has 0 saturated carbocycles. The van der Waals surface area contributed by atoms with Gasteiger partial charge < -0.3 is 5.73 Å². The average molecular weight is 291 g/mol. The Morgan fingerprint density at radius 2 is 1.95 bits per heavy atom. The number of para-hydroxylation sites is 1. The molecule has 0 aliphatic heterocycles. The third kappa shape index (κ3) is 2.39. The lowest BCUT2D eigenvalue weighted by Gasteiger charge is -2.11. The van der Waals surface area contributed by atoms with E-state index in [4.69, 9.17) is 17.3 Å². The number of alkyl halides is 3. The molecule has 2 N–H and O–H groups in total. The van der Waals surface area contributed by atoms with Gasteiger partial charge in [-0.25, -0.2) is 4.68 Å². The molecule has 19 heavy (non-hydrogen) atoms. The maximum absolute atomic E-state index is 13.0. The number of carbonyl (C=O) groups is 1.